The smallest absolute Gasteiger partial charge is 0.243 e. The Morgan fingerprint density at radius 2 is 1.57 bits per heavy atom. The Bertz CT molecular complexity index is 1080. The van der Waals surface area contributed by atoms with Gasteiger partial charge in [0.2, 0.25) is 11.8 Å². The van der Waals surface area contributed by atoms with Gasteiger partial charge in [-0.2, -0.15) is 0 Å². The number of amides is 2. The van der Waals surface area contributed by atoms with Crippen LogP contribution in [0.2, 0.25) is 0 Å². The molecule has 35 heavy (non-hydrogen) atoms. The molecule has 4 nitrogen and oxygen atoms in total. The van der Waals surface area contributed by atoms with E-state index in [2.05, 4.69) is 24.4 Å². The molecule has 0 aliphatic rings. The number of carbonyl (C=O) groups excluding carboxylic acids is 2. The molecule has 184 valence electrons. The summed E-state index contributed by atoms with van der Waals surface area (Å²) in [6, 6.07) is 25.8. The van der Waals surface area contributed by atoms with E-state index in [9.17, 15) is 9.59 Å². The van der Waals surface area contributed by atoms with Crippen LogP contribution in [0.5, 0.6) is 0 Å². The topological polar surface area (TPSA) is 49.4 Å². The SMILES string of the molecule is CCCNC(=O)[C@@H](Cc1ccccc1)N(Cc1ccc(C)cc1)C(=O)CSCc1ccccc1C. The molecule has 0 aliphatic carbocycles. The first-order valence-corrected chi connectivity index (χ1v) is 13.4. The fourth-order valence-electron chi connectivity index (χ4n) is 3.91. The number of rotatable bonds is 12. The summed E-state index contributed by atoms with van der Waals surface area (Å²) in [7, 11) is 0. The van der Waals surface area contributed by atoms with Crippen LogP contribution in [0.1, 0.15) is 41.2 Å². The Labute approximate surface area is 214 Å². The molecule has 0 heterocycles. The number of hydrogen-bond acceptors (Lipinski definition) is 3. The summed E-state index contributed by atoms with van der Waals surface area (Å²) in [5, 5.41) is 3.03. The number of thioether (sulfide) groups is 1. The van der Waals surface area contributed by atoms with Gasteiger partial charge in [-0.25, -0.2) is 0 Å². The van der Waals surface area contributed by atoms with E-state index in [4.69, 9.17) is 0 Å². The Hall–Kier alpha value is -3.05. The molecule has 0 bridgehead atoms. The lowest BCUT2D eigenvalue weighted by molar-refractivity contribution is -0.139. The van der Waals surface area contributed by atoms with Crippen molar-refractivity contribution in [2.45, 2.75) is 52.0 Å². The van der Waals surface area contributed by atoms with Crippen LogP contribution in [0.15, 0.2) is 78.9 Å². The van der Waals surface area contributed by atoms with Gasteiger partial charge in [0.25, 0.3) is 0 Å². The largest absolute Gasteiger partial charge is 0.354 e. The molecular formula is C30H36N2O2S. The van der Waals surface area contributed by atoms with Crippen molar-refractivity contribution in [3.8, 4) is 0 Å². The van der Waals surface area contributed by atoms with Crippen molar-refractivity contribution in [3.63, 3.8) is 0 Å². The maximum Gasteiger partial charge on any atom is 0.243 e. The highest BCUT2D eigenvalue weighted by Crippen LogP contribution is 2.20. The highest BCUT2D eigenvalue weighted by Gasteiger charge is 2.30. The van der Waals surface area contributed by atoms with Crippen molar-refractivity contribution in [3.05, 3.63) is 107 Å². The minimum Gasteiger partial charge on any atom is -0.354 e. The molecule has 3 aromatic carbocycles. The van der Waals surface area contributed by atoms with Crippen molar-refractivity contribution >= 4 is 23.6 Å². The molecule has 0 aromatic heterocycles. The van der Waals surface area contributed by atoms with E-state index in [1.807, 2.05) is 80.6 Å². The maximum atomic E-state index is 13.6. The summed E-state index contributed by atoms with van der Waals surface area (Å²) in [6.07, 6.45) is 1.33. The van der Waals surface area contributed by atoms with Crippen LogP contribution in [0.25, 0.3) is 0 Å². The van der Waals surface area contributed by atoms with Crippen LogP contribution in [-0.2, 0) is 28.3 Å². The standard InChI is InChI=1S/C30H36N2O2S/c1-4-18-31-30(34)28(19-25-11-6-5-7-12-25)32(20-26-16-14-23(2)15-17-26)29(33)22-35-21-27-13-9-8-10-24(27)3/h5-17,28H,4,18-22H2,1-3H3,(H,31,34)/t28-/m1/s1. The molecule has 0 radical (unpaired) electrons. The molecule has 0 saturated heterocycles. The van der Waals surface area contributed by atoms with Crippen LogP contribution in [0.3, 0.4) is 0 Å². The number of nitrogens with zero attached hydrogens (tertiary/aromatic N) is 1. The summed E-state index contributed by atoms with van der Waals surface area (Å²) in [5.41, 5.74) is 5.69. The minimum absolute atomic E-state index is 0.0169. The zero-order chi connectivity index (χ0) is 25.0. The molecule has 3 rings (SSSR count). The van der Waals surface area contributed by atoms with Crippen LogP contribution < -0.4 is 5.32 Å². The van der Waals surface area contributed by atoms with Crippen LogP contribution in [0.4, 0.5) is 0 Å². The summed E-state index contributed by atoms with van der Waals surface area (Å²) in [6.45, 7) is 7.17. The van der Waals surface area contributed by atoms with Gasteiger partial charge in [0.1, 0.15) is 6.04 Å². The second-order valence-corrected chi connectivity index (χ2v) is 9.91. The van der Waals surface area contributed by atoms with Gasteiger partial charge < -0.3 is 10.2 Å². The van der Waals surface area contributed by atoms with E-state index in [1.165, 1.54) is 16.7 Å². The Morgan fingerprint density at radius 3 is 2.26 bits per heavy atom. The van der Waals surface area contributed by atoms with E-state index < -0.39 is 6.04 Å². The fourth-order valence-corrected chi connectivity index (χ4v) is 4.90. The second kappa shape index (κ2) is 13.7. The van der Waals surface area contributed by atoms with E-state index in [-0.39, 0.29) is 11.8 Å². The minimum atomic E-state index is -0.572. The predicted octanol–water partition coefficient (Wildman–Crippen LogP) is 5.70. The van der Waals surface area contributed by atoms with Crippen molar-refractivity contribution in [1.82, 2.24) is 10.2 Å². The third kappa shape index (κ3) is 8.29. The number of benzene rings is 3. The Morgan fingerprint density at radius 1 is 0.886 bits per heavy atom. The van der Waals surface area contributed by atoms with E-state index in [0.717, 1.165) is 23.3 Å². The fraction of sp³-hybridized carbons (Fsp3) is 0.333. The van der Waals surface area contributed by atoms with Gasteiger partial charge in [-0.3, -0.25) is 9.59 Å². The van der Waals surface area contributed by atoms with Gasteiger partial charge in [0.15, 0.2) is 0 Å². The first-order chi connectivity index (χ1) is 17.0. The molecule has 0 fully saturated rings. The van der Waals surface area contributed by atoms with E-state index in [0.29, 0.717) is 25.3 Å². The number of hydrogen-bond donors (Lipinski definition) is 1. The van der Waals surface area contributed by atoms with Crippen molar-refractivity contribution in [2.75, 3.05) is 12.3 Å². The Kier molecular flexibility index (Phi) is 10.4. The second-order valence-electron chi connectivity index (χ2n) is 8.92. The Balaban J connectivity index is 1.83. The monoisotopic (exact) mass is 488 g/mol. The lowest BCUT2D eigenvalue weighted by Crippen LogP contribution is -2.51. The van der Waals surface area contributed by atoms with Gasteiger partial charge in [-0.15, -0.1) is 11.8 Å². The summed E-state index contributed by atoms with van der Waals surface area (Å²) in [5.74, 6) is 0.978. The maximum absolute atomic E-state index is 13.6. The number of carbonyl (C=O) groups is 2. The first-order valence-electron chi connectivity index (χ1n) is 12.3. The zero-order valence-electron chi connectivity index (χ0n) is 21.0. The average Bonchev–Trinajstić information content (AvgIpc) is 2.87. The van der Waals surface area contributed by atoms with Crippen molar-refractivity contribution in [1.29, 1.82) is 0 Å². The average molecular weight is 489 g/mol. The predicted molar refractivity (Wildman–Crippen MR) is 146 cm³/mol. The molecule has 1 N–H and O–H groups in total. The lowest BCUT2D eigenvalue weighted by Gasteiger charge is -2.31. The molecule has 3 aromatic rings. The highest BCUT2D eigenvalue weighted by atomic mass is 32.2. The normalized spacial score (nSPS) is 11.6. The summed E-state index contributed by atoms with van der Waals surface area (Å²) >= 11 is 1.60. The molecule has 5 heteroatoms. The van der Waals surface area contributed by atoms with Gasteiger partial charge in [-0.05, 0) is 42.5 Å². The number of aryl methyl sites for hydroxylation is 2. The van der Waals surface area contributed by atoms with E-state index >= 15 is 0 Å². The summed E-state index contributed by atoms with van der Waals surface area (Å²) in [4.78, 5) is 28.7. The third-order valence-electron chi connectivity index (χ3n) is 6.04. The molecule has 0 unspecified atom stereocenters. The van der Waals surface area contributed by atoms with Gasteiger partial charge in [-0.1, -0.05) is 91.3 Å². The molecule has 1 atom stereocenters. The molecule has 2 amide bonds. The van der Waals surface area contributed by atoms with Crippen molar-refractivity contribution < 1.29 is 9.59 Å². The third-order valence-corrected chi connectivity index (χ3v) is 7.00. The molecule has 0 spiro atoms. The van der Waals surface area contributed by atoms with Crippen LogP contribution in [0, 0.1) is 13.8 Å². The quantitative estimate of drug-likeness (QED) is 0.356. The molecular weight excluding hydrogens is 452 g/mol. The highest BCUT2D eigenvalue weighted by molar-refractivity contribution is 7.99. The zero-order valence-corrected chi connectivity index (χ0v) is 21.8. The lowest BCUT2D eigenvalue weighted by atomic mass is 10.0. The van der Waals surface area contributed by atoms with Crippen molar-refractivity contribution in [2.24, 2.45) is 0 Å². The first kappa shape index (κ1) is 26.6. The van der Waals surface area contributed by atoms with Crippen LogP contribution >= 0.6 is 11.8 Å². The van der Waals surface area contributed by atoms with Gasteiger partial charge in [0.05, 0.1) is 5.75 Å². The molecule has 0 saturated carbocycles. The van der Waals surface area contributed by atoms with Crippen LogP contribution in [-0.4, -0.2) is 35.1 Å². The van der Waals surface area contributed by atoms with E-state index in [1.54, 1.807) is 16.7 Å². The summed E-state index contributed by atoms with van der Waals surface area (Å²) < 4.78 is 0. The van der Waals surface area contributed by atoms with Gasteiger partial charge >= 0.3 is 0 Å². The number of nitrogens with one attached hydrogen (secondary N) is 1. The van der Waals surface area contributed by atoms with Gasteiger partial charge in [0, 0.05) is 25.3 Å². The molecule has 0 aliphatic heterocycles.